The molecule has 2 fully saturated rings. The maximum absolute atomic E-state index is 14.0. The summed E-state index contributed by atoms with van der Waals surface area (Å²) >= 11 is 11.3. The van der Waals surface area contributed by atoms with E-state index in [1.807, 2.05) is 0 Å². The molecule has 1 heterocycles. The number of aliphatic imine (C=N–C) groups is 1. The Morgan fingerprint density at radius 2 is 1.44 bits per heavy atom. The van der Waals surface area contributed by atoms with Crippen molar-refractivity contribution >= 4 is 57.6 Å². The Morgan fingerprint density at radius 3 is 1.96 bits per heavy atom. The van der Waals surface area contributed by atoms with Crippen molar-refractivity contribution in [2.24, 2.45) is 4.99 Å². The van der Waals surface area contributed by atoms with E-state index in [0.717, 1.165) is 18.2 Å². The molecule has 0 radical (unpaired) electrons. The van der Waals surface area contributed by atoms with Crippen molar-refractivity contribution in [3.63, 3.8) is 0 Å². The van der Waals surface area contributed by atoms with Crippen LogP contribution in [0, 0.1) is 22.7 Å². The van der Waals surface area contributed by atoms with Gasteiger partial charge in [0.15, 0.2) is 10.2 Å². The summed E-state index contributed by atoms with van der Waals surface area (Å²) in [5, 5.41) is 30.3. The van der Waals surface area contributed by atoms with Gasteiger partial charge in [-0.25, -0.2) is 4.99 Å². The fraction of sp³-hybridized carbons (Fsp3) is 0.233. The highest BCUT2D eigenvalue weighted by Gasteiger charge is 2.58. The Labute approximate surface area is 263 Å². The van der Waals surface area contributed by atoms with Gasteiger partial charge in [-0.3, -0.25) is 4.90 Å². The average Bonchev–Trinajstić information content (AvgIpc) is 3.23. The highest BCUT2D eigenvalue weighted by atomic mass is 32.1. The lowest BCUT2D eigenvalue weighted by Gasteiger charge is -2.44. The molecule has 0 atom stereocenters. The first-order chi connectivity index (χ1) is 21.2. The van der Waals surface area contributed by atoms with Crippen LogP contribution >= 0.6 is 24.4 Å². The molecule has 15 heteroatoms. The van der Waals surface area contributed by atoms with Gasteiger partial charge in [0.25, 0.3) is 0 Å². The van der Waals surface area contributed by atoms with Crippen molar-refractivity contribution in [3.8, 4) is 12.1 Å². The van der Waals surface area contributed by atoms with E-state index < -0.39 is 40.1 Å². The molecular weight excluding hydrogens is 638 g/mol. The first-order valence-electron chi connectivity index (χ1n) is 13.2. The number of thiocarbonyl (C=S) groups is 2. The van der Waals surface area contributed by atoms with Crippen LogP contribution in [0.3, 0.4) is 0 Å². The summed E-state index contributed by atoms with van der Waals surface area (Å²) in [6, 6.07) is 15.8. The number of amidine groups is 1. The third-order valence-electron chi connectivity index (χ3n) is 7.59. The number of nitrogens with one attached hydrogen (secondary N) is 1. The monoisotopic (exact) mass is 658 g/mol. The van der Waals surface area contributed by atoms with Crippen LogP contribution in [-0.4, -0.2) is 26.7 Å². The molecule has 5 rings (SSSR count). The predicted molar refractivity (Wildman–Crippen MR) is 162 cm³/mol. The molecule has 1 aliphatic heterocycles. The fourth-order valence-corrected chi connectivity index (χ4v) is 6.02. The lowest BCUT2D eigenvalue weighted by atomic mass is 9.74. The second kappa shape index (κ2) is 11.7. The van der Waals surface area contributed by atoms with Crippen molar-refractivity contribution < 1.29 is 31.4 Å². The minimum Gasteiger partial charge on any atom is -0.392 e. The smallest absolute Gasteiger partial charge is 0.392 e. The summed E-state index contributed by atoms with van der Waals surface area (Å²) < 4.78 is 82.6. The normalized spacial score (nSPS) is 16.8. The molecule has 0 aromatic heterocycles. The van der Waals surface area contributed by atoms with Crippen molar-refractivity contribution in [1.29, 1.82) is 10.5 Å². The number of hydrogen-bond donors (Lipinski definition) is 2. The van der Waals surface area contributed by atoms with E-state index in [2.05, 4.69) is 10.3 Å². The molecule has 3 aromatic carbocycles. The van der Waals surface area contributed by atoms with Crippen molar-refractivity contribution in [1.82, 2.24) is 0 Å². The number of alkyl halides is 6. The van der Waals surface area contributed by atoms with Gasteiger partial charge in [-0.05, 0) is 97.8 Å². The number of halogens is 6. The van der Waals surface area contributed by atoms with Crippen molar-refractivity contribution in [3.05, 3.63) is 88.5 Å². The topological polar surface area (TPSA) is 98.7 Å². The molecule has 0 amide bonds. The summed E-state index contributed by atoms with van der Waals surface area (Å²) in [6.07, 6.45) is -8.06. The van der Waals surface area contributed by atoms with E-state index in [-0.39, 0.29) is 34.0 Å². The van der Waals surface area contributed by atoms with E-state index in [9.17, 15) is 36.7 Å². The first-order valence-corrected chi connectivity index (χ1v) is 14.0. The van der Waals surface area contributed by atoms with Gasteiger partial charge < -0.3 is 15.3 Å². The van der Waals surface area contributed by atoms with Gasteiger partial charge in [0.2, 0.25) is 0 Å². The van der Waals surface area contributed by atoms with Gasteiger partial charge in [0.1, 0.15) is 11.4 Å². The van der Waals surface area contributed by atoms with Crippen LogP contribution in [0.1, 0.15) is 47.1 Å². The van der Waals surface area contributed by atoms with E-state index in [0.29, 0.717) is 36.6 Å². The molecule has 2 aliphatic rings. The Hall–Kier alpha value is -4.57. The summed E-state index contributed by atoms with van der Waals surface area (Å²) in [4.78, 5) is 7.59. The first kappa shape index (κ1) is 31.8. The third kappa shape index (κ3) is 5.82. The van der Waals surface area contributed by atoms with Crippen molar-refractivity contribution in [2.45, 2.75) is 43.8 Å². The second-order valence-corrected chi connectivity index (χ2v) is 11.0. The second-order valence-electron chi connectivity index (χ2n) is 10.2. The lowest BCUT2D eigenvalue weighted by Crippen LogP contribution is -2.55. The van der Waals surface area contributed by atoms with E-state index in [1.54, 1.807) is 35.2 Å². The van der Waals surface area contributed by atoms with Crippen LogP contribution in [0.25, 0.3) is 0 Å². The zero-order chi connectivity index (χ0) is 32.7. The molecule has 1 aliphatic carbocycles. The number of hydrogen-bond acceptors (Lipinski definition) is 5. The largest absolute Gasteiger partial charge is 0.417 e. The van der Waals surface area contributed by atoms with Crippen LogP contribution in [0.15, 0.2) is 65.7 Å². The van der Waals surface area contributed by atoms with Crippen LogP contribution in [0.4, 0.5) is 43.4 Å². The lowest BCUT2D eigenvalue weighted by molar-refractivity contribution is -0.138. The number of rotatable bonds is 4. The van der Waals surface area contributed by atoms with Crippen LogP contribution in [0.5, 0.6) is 0 Å². The molecular formula is C30H20F6N6OS2. The van der Waals surface area contributed by atoms with Gasteiger partial charge in [0, 0.05) is 11.4 Å². The van der Waals surface area contributed by atoms with Gasteiger partial charge in [-0.2, -0.15) is 36.9 Å². The van der Waals surface area contributed by atoms with E-state index in [1.165, 1.54) is 23.1 Å². The molecule has 3 aromatic rings. The van der Waals surface area contributed by atoms with Crippen LogP contribution in [0.2, 0.25) is 0 Å². The fourth-order valence-electron chi connectivity index (χ4n) is 5.34. The molecule has 1 saturated heterocycles. The zero-order valence-electron chi connectivity index (χ0n) is 22.9. The predicted octanol–water partition coefficient (Wildman–Crippen LogP) is 7.29. The minimum atomic E-state index is -4.86. The molecule has 1 spiro atoms. The molecule has 0 unspecified atom stereocenters. The highest BCUT2D eigenvalue weighted by Crippen LogP contribution is 2.49. The van der Waals surface area contributed by atoms with Gasteiger partial charge in [0.05, 0.1) is 46.7 Å². The molecule has 7 nitrogen and oxygen atoms in total. The molecule has 45 heavy (non-hydrogen) atoms. The summed E-state index contributed by atoms with van der Waals surface area (Å²) in [6.45, 7) is -0.217. The highest BCUT2D eigenvalue weighted by molar-refractivity contribution is 7.81. The van der Waals surface area contributed by atoms with Crippen molar-refractivity contribution in [2.75, 3.05) is 15.1 Å². The molecule has 230 valence electrons. The van der Waals surface area contributed by atoms with E-state index >= 15 is 0 Å². The average molecular weight is 659 g/mol. The summed E-state index contributed by atoms with van der Waals surface area (Å²) in [5.41, 5.74) is -3.50. The van der Waals surface area contributed by atoms with E-state index in [4.69, 9.17) is 29.7 Å². The SMILES string of the molecule is N#Cc1ccc(NC(=S)/N=C2/N(c3ccc(C#N)c(C(F)(F)F)c3)C(=S)N(c3ccc(CO)cc3)C23CCC3)cc1C(F)(F)F. The Kier molecular flexibility index (Phi) is 8.31. The van der Waals surface area contributed by atoms with Crippen LogP contribution < -0.4 is 15.1 Å². The minimum absolute atomic E-state index is 0.0497. The number of aliphatic hydroxyl groups excluding tert-OH is 1. The number of nitriles is 2. The maximum Gasteiger partial charge on any atom is 0.417 e. The number of nitrogens with zero attached hydrogens (tertiary/aromatic N) is 5. The molecule has 1 saturated carbocycles. The number of aliphatic hydroxyl groups is 1. The summed E-state index contributed by atoms with van der Waals surface area (Å²) in [5.74, 6) is 0.144. The standard InChI is InChI=1S/C30H20F6N6OS2/c31-29(32,33)23-12-20(6-4-18(23)14-37)39-26(44)40-25-28(10-1-11-28)42(21-7-2-17(16-43)3-8-21)27(45)41(25)22-9-5-19(15-38)24(13-22)30(34,35)36/h2-9,12-13,43H,1,10-11,16H2,(H,39,44)/b40-25+. The Bertz CT molecular complexity index is 1800. The molecule has 0 bridgehead atoms. The maximum atomic E-state index is 14.0. The quantitative estimate of drug-likeness (QED) is 0.223. The number of benzene rings is 3. The third-order valence-corrected chi connectivity index (χ3v) is 8.15. The Morgan fingerprint density at radius 1 is 0.889 bits per heavy atom. The van der Waals surface area contributed by atoms with Gasteiger partial charge in [-0.15, -0.1) is 0 Å². The van der Waals surface area contributed by atoms with Crippen LogP contribution in [-0.2, 0) is 19.0 Å². The van der Waals surface area contributed by atoms with Gasteiger partial charge >= 0.3 is 12.4 Å². The summed E-state index contributed by atoms with van der Waals surface area (Å²) in [7, 11) is 0. The number of anilines is 3. The zero-order valence-corrected chi connectivity index (χ0v) is 24.5. The Balaban J connectivity index is 1.64. The van der Waals surface area contributed by atoms with Gasteiger partial charge in [-0.1, -0.05) is 12.1 Å². The molecule has 2 N–H and O–H groups in total.